The lowest BCUT2D eigenvalue weighted by Gasteiger charge is -2.33. The monoisotopic (exact) mass is 290 g/mol. The summed E-state index contributed by atoms with van der Waals surface area (Å²) in [6.07, 6.45) is 0.959. The number of hydrogen-bond donors (Lipinski definition) is 1. The average Bonchev–Trinajstić information content (AvgIpc) is 2.91. The van der Waals surface area contributed by atoms with E-state index in [0.717, 1.165) is 32.6 Å². The summed E-state index contributed by atoms with van der Waals surface area (Å²) in [7, 11) is -3.25. The fraction of sp³-hybridized carbons (Fsp3) is 1.00. The standard InChI is InChI=1S/C12H26N4O2S/c1-3-15(4-2)19(17,18)16-8-5-12(11-16)14-9-6-13-7-10-14/h12-13H,3-11H2,1-2H3. The number of nitrogens with zero attached hydrogens (tertiary/aromatic N) is 3. The molecule has 2 rings (SSSR count). The minimum atomic E-state index is -3.25. The lowest BCUT2D eigenvalue weighted by Crippen LogP contribution is -2.50. The van der Waals surface area contributed by atoms with Crippen LogP contribution >= 0.6 is 0 Å². The predicted octanol–water partition coefficient (Wildman–Crippen LogP) is -0.447. The molecule has 2 heterocycles. The second-order valence-corrected chi connectivity index (χ2v) is 7.11. The molecule has 0 spiro atoms. The summed E-state index contributed by atoms with van der Waals surface area (Å²) in [5.74, 6) is 0. The van der Waals surface area contributed by atoms with Gasteiger partial charge in [-0.3, -0.25) is 4.90 Å². The number of piperazine rings is 1. The molecule has 1 unspecified atom stereocenters. The number of rotatable bonds is 5. The molecule has 1 atom stereocenters. The third-order valence-electron chi connectivity index (χ3n) is 4.15. The molecule has 0 aromatic heterocycles. The molecule has 19 heavy (non-hydrogen) atoms. The Labute approximate surface area is 116 Å². The second kappa shape index (κ2) is 6.49. The fourth-order valence-corrected chi connectivity index (χ4v) is 4.65. The van der Waals surface area contributed by atoms with Gasteiger partial charge in [0.1, 0.15) is 0 Å². The van der Waals surface area contributed by atoms with E-state index in [2.05, 4.69) is 10.2 Å². The van der Waals surface area contributed by atoms with Crippen LogP contribution in [0.15, 0.2) is 0 Å². The molecule has 2 saturated heterocycles. The highest BCUT2D eigenvalue weighted by molar-refractivity contribution is 7.86. The van der Waals surface area contributed by atoms with Gasteiger partial charge in [0.2, 0.25) is 0 Å². The van der Waals surface area contributed by atoms with E-state index in [-0.39, 0.29) is 0 Å². The quantitative estimate of drug-likeness (QED) is 0.745. The van der Waals surface area contributed by atoms with Gasteiger partial charge in [-0.15, -0.1) is 0 Å². The van der Waals surface area contributed by atoms with E-state index >= 15 is 0 Å². The van der Waals surface area contributed by atoms with Gasteiger partial charge >= 0.3 is 0 Å². The average molecular weight is 290 g/mol. The van der Waals surface area contributed by atoms with Crippen LogP contribution < -0.4 is 5.32 Å². The van der Waals surface area contributed by atoms with E-state index in [1.54, 1.807) is 8.61 Å². The van der Waals surface area contributed by atoms with Gasteiger partial charge in [-0.1, -0.05) is 13.8 Å². The summed E-state index contributed by atoms with van der Waals surface area (Å²) in [5, 5.41) is 3.33. The summed E-state index contributed by atoms with van der Waals surface area (Å²) < 4.78 is 28.1. The van der Waals surface area contributed by atoms with Crippen LogP contribution in [0.5, 0.6) is 0 Å². The smallest absolute Gasteiger partial charge is 0.282 e. The van der Waals surface area contributed by atoms with Crippen molar-refractivity contribution in [2.45, 2.75) is 26.3 Å². The van der Waals surface area contributed by atoms with Crippen molar-refractivity contribution in [3.63, 3.8) is 0 Å². The Bertz CT molecular complexity index is 377. The number of nitrogens with one attached hydrogen (secondary N) is 1. The highest BCUT2D eigenvalue weighted by atomic mass is 32.2. The molecule has 0 radical (unpaired) electrons. The first-order valence-corrected chi connectivity index (χ1v) is 8.69. The maximum absolute atomic E-state index is 12.4. The van der Waals surface area contributed by atoms with E-state index in [1.807, 2.05) is 13.8 Å². The Morgan fingerprint density at radius 2 is 1.79 bits per heavy atom. The third-order valence-corrected chi connectivity index (χ3v) is 6.31. The van der Waals surface area contributed by atoms with Gasteiger partial charge in [0.15, 0.2) is 0 Å². The predicted molar refractivity (Wildman–Crippen MR) is 76.3 cm³/mol. The largest absolute Gasteiger partial charge is 0.314 e. The van der Waals surface area contributed by atoms with Crippen molar-refractivity contribution in [3.8, 4) is 0 Å². The summed E-state index contributed by atoms with van der Waals surface area (Å²) >= 11 is 0. The molecule has 2 fully saturated rings. The highest BCUT2D eigenvalue weighted by Crippen LogP contribution is 2.21. The minimum Gasteiger partial charge on any atom is -0.314 e. The van der Waals surface area contributed by atoms with E-state index in [4.69, 9.17) is 0 Å². The van der Waals surface area contributed by atoms with Gasteiger partial charge in [-0.05, 0) is 6.42 Å². The Balaban J connectivity index is 1.97. The maximum Gasteiger partial charge on any atom is 0.282 e. The normalized spacial score (nSPS) is 27.2. The zero-order valence-corrected chi connectivity index (χ0v) is 12.8. The van der Waals surface area contributed by atoms with Gasteiger partial charge < -0.3 is 5.32 Å². The third kappa shape index (κ3) is 3.28. The van der Waals surface area contributed by atoms with Crippen molar-refractivity contribution in [3.05, 3.63) is 0 Å². The molecular weight excluding hydrogens is 264 g/mol. The van der Waals surface area contributed by atoms with Gasteiger partial charge in [0.05, 0.1) is 0 Å². The molecule has 0 aromatic rings. The molecule has 0 aliphatic carbocycles. The molecule has 2 aliphatic rings. The zero-order chi connectivity index (χ0) is 13.9. The van der Waals surface area contributed by atoms with Crippen LogP contribution in [0.4, 0.5) is 0 Å². The Morgan fingerprint density at radius 3 is 2.37 bits per heavy atom. The Kier molecular flexibility index (Phi) is 5.19. The van der Waals surface area contributed by atoms with Crippen LogP contribution in [0.1, 0.15) is 20.3 Å². The number of hydrogen-bond acceptors (Lipinski definition) is 4. The van der Waals surface area contributed by atoms with Crippen LogP contribution in [0.3, 0.4) is 0 Å². The van der Waals surface area contributed by atoms with E-state index in [0.29, 0.717) is 32.2 Å². The van der Waals surface area contributed by atoms with Gasteiger partial charge in [0.25, 0.3) is 10.2 Å². The lowest BCUT2D eigenvalue weighted by atomic mass is 10.2. The van der Waals surface area contributed by atoms with Crippen molar-refractivity contribution in [1.29, 1.82) is 0 Å². The van der Waals surface area contributed by atoms with E-state index in [9.17, 15) is 8.42 Å². The summed E-state index contributed by atoms with van der Waals surface area (Å²) in [6.45, 7) is 10.3. The highest BCUT2D eigenvalue weighted by Gasteiger charge is 2.36. The zero-order valence-electron chi connectivity index (χ0n) is 12.0. The molecular formula is C12H26N4O2S. The summed E-state index contributed by atoms with van der Waals surface area (Å²) in [5.41, 5.74) is 0. The van der Waals surface area contributed by atoms with Gasteiger partial charge in [0, 0.05) is 58.4 Å². The summed E-state index contributed by atoms with van der Waals surface area (Å²) in [6, 6.07) is 0.396. The molecule has 0 amide bonds. The molecule has 0 aromatic carbocycles. The van der Waals surface area contributed by atoms with Crippen LogP contribution in [0.2, 0.25) is 0 Å². The van der Waals surface area contributed by atoms with Crippen molar-refractivity contribution in [2.75, 3.05) is 52.4 Å². The van der Waals surface area contributed by atoms with Crippen LogP contribution in [0, 0.1) is 0 Å². The summed E-state index contributed by atoms with van der Waals surface area (Å²) in [4.78, 5) is 2.42. The van der Waals surface area contributed by atoms with Crippen LogP contribution in [0.25, 0.3) is 0 Å². The van der Waals surface area contributed by atoms with Crippen molar-refractivity contribution in [2.24, 2.45) is 0 Å². The van der Waals surface area contributed by atoms with Crippen molar-refractivity contribution < 1.29 is 8.42 Å². The molecule has 0 saturated carbocycles. The minimum absolute atomic E-state index is 0.396. The topological polar surface area (TPSA) is 55.9 Å². The fourth-order valence-electron chi connectivity index (χ4n) is 2.98. The second-order valence-electron chi connectivity index (χ2n) is 5.18. The molecule has 1 N–H and O–H groups in total. The van der Waals surface area contributed by atoms with E-state index < -0.39 is 10.2 Å². The Hall–Kier alpha value is -0.210. The first-order chi connectivity index (χ1) is 9.09. The van der Waals surface area contributed by atoms with Gasteiger partial charge in [-0.25, -0.2) is 0 Å². The van der Waals surface area contributed by atoms with E-state index in [1.165, 1.54) is 0 Å². The molecule has 7 heteroatoms. The van der Waals surface area contributed by atoms with Crippen molar-refractivity contribution >= 4 is 10.2 Å². The molecule has 0 bridgehead atoms. The first kappa shape index (κ1) is 15.2. The SMILES string of the molecule is CCN(CC)S(=O)(=O)N1CCC(N2CCNCC2)C1. The first-order valence-electron chi connectivity index (χ1n) is 7.29. The molecule has 2 aliphatic heterocycles. The van der Waals surface area contributed by atoms with Crippen molar-refractivity contribution in [1.82, 2.24) is 18.8 Å². The maximum atomic E-state index is 12.4. The van der Waals surface area contributed by atoms with Gasteiger partial charge in [-0.2, -0.15) is 17.0 Å². The molecule has 112 valence electrons. The Morgan fingerprint density at radius 1 is 1.16 bits per heavy atom. The van der Waals surface area contributed by atoms with Crippen LogP contribution in [-0.4, -0.2) is 80.3 Å². The van der Waals surface area contributed by atoms with Crippen LogP contribution in [-0.2, 0) is 10.2 Å². The lowest BCUT2D eigenvalue weighted by molar-refractivity contribution is 0.179. The molecule has 6 nitrogen and oxygen atoms in total.